The number of anilines is 1. The molecule has 8 heteroatoms. The van der Waals surface area contributed by atoms with Gasteiger partial charge in [-0.2, -0.15) is 5.10 Å². The molecule has 1 saturated heterocycles. The molecule has 1 aliphatic heterocycles. The summed E-state index contributed by atoms with van der Waals surface area (Å²) < 4.78 is 0.983. The summed E-state index contributed by atoms with van der Waals surface area (Å²) in [4.78, 5) is 13.3. The molecule has 1 aliphatic carbocycles. The van der Waals surface area contributed by atoms with Crippen molar-refractivity contribution in [3.05, 3.63) is 88.6 Å². The lowest BCUT2D eigenvalue weighted by atomic mass is 10.1. The summed E-state index contributed by atoms with van der Waals surface area (Å²) in [5.74, 6) is -0.182. The van der Waals surface area contributed by atoms with Gasteiger partial charge in [0.05, 0.1) is 5.71 Å². The summed E-state index contributed by atoms with van der Waals surface area (Å²) in [6, 6.07) is 16.6. The summed E-state index contributed by atoms with van der Waals surface area (Å²) in [5, 5.41) is 16.6. The van der Waals surface area contributed by atoms with Gasteiger partial charge in [0.15, 0.2) is 5.11 Å². The first-order chi connectivity index (χ1) is 16.6. The van der Waals surface area contributed by atoms with E-state index in [-0.39, 0.29) is 5.91 Å². The van der Waals surface area contributed by atoms with E-state index in [2.05, 4.69) is 36.9 Å². The molecule has 2 aromatic rings. The molecule has 0 aromatic heterocycles. The molecule has 0 spiro atoms. The second-order valence-corrected chi connectivity index (χ2v) is 9.56. The molecule has 2 aliphatic rings. The number of allylic oxidation sites excluding steroid dienone is 3. The predicted octanol–water partition coefficient (Wildman–Crippen LogP) is 5.28. The van der Waals surface area contributed by atoms with Crippen molar-refractivity contribution < 1.29 is 4.79 Å². The Balaban J connectivity index is 1.40. The second-order valence-electron chi connectivity index (χ2n) is 8.24. The van der Waals surface area contributed by atoms with Crippen LogP contribution in [0.1, 0.15) is 37.3 Å². The van der Waals surface area contributed by atoms with Gasteiger partial charge in [-0.05, 0) is 73.5 Å². The number of nitrogens with zero attached hydrogens (tertiary/aromatic N) is 2. The van der Waals surface area contributed by atoms with E-state index in [0.29, 0.717) is 11.5 Å². The highest BCUT2D eigenvalue weighted by Gasteiger charge is 2.22. The number of halogens is 1. The third-order valence-corrected chi connectivity index (χ3v) is 6.38. The van der Waals surface area contributed by atoms with Crippen LogP contribution in [0.4, 0.5) is 5.69 Å². The number of thiocarbonyl (C=S) groups is 1. The Kier molecular flexibility index (Phi) is 8.49. The van der Waals surface area contributed by atoms with Crippen molar-refractivity contribution in [2.45, 2.75) is 31.7 Å². The molecular weight excluding hydrogens is 510 g/mol. The molecule has 1 fully saturated rings. The number of benzene rings is 2. The molecule has 1 atom stereocenters. The lowest BCUT2D eigenvalue weighted by molar-refractivity contribution is -0.122. The number of carbonyl (C=O) groups excluding carboxylic acids is 1. The Bertz CT molecular complexity index is 1090. The average Bonchev–Trinajstić information content (AvgIpc) is 2.86. The Morgan fingerprint density at radius 1 is 0.971 bits per heavy atom. The number of amides is 1. The highest BCUT2D eigenvalue weighted by molar-refractivity contribution is 9.10. The minimum absolute atomic E-state index is 0.182. The topological polar surface area (TPSA) is 68.8 Å². The summed E-state index contributed by atoms with van der Waals surface area (Å²) in [7, 11) is 0. The maximum absolute atomic E-state index is 13.3. The van der Waals surface area contributed by atoms with Gasteiger partial charge in [0, 0.05) is 35.4 Å². The molecule has 2 aromatic carbocycles. The Hall–Kier alpha value is -2.97. The molecule has 3 N–H and O–H groups in total. The molecule has 0 bridgehead atoms. The van der Waals surface area contributed by atoms with E-state index in [1.165, 1.54) is 19.3 Å². The third-order valence-electron chi connectivity index (χ3n) is 5.63. The van der Waals surface area contributed by atoms with Gasteiger partial charge in [-0.1, -0.05) is 52.3 Å². The smallest absolute Gasteiger partial charge is 0.251 e. The van der Waals surface area contributed by atoms with Crippen molar-refractivity contribution in [3.63, 3.8) is 0 Å². The minimum atomic E-state index is -0.644. The van der Waals surface area contributed by atoms with Crippen molar-refractivity contribution >= 4 is 50.6 Å². The quantitative estimate of drug-likeness (QED) is 0.437. The van der Waals surface area contributed by atoms with E-state index in [0.717, 1.165) is 40.2 Å². The SMILES string of the molecule is O=C(NC1=CCC(=NN2CCCCC2)C=C1)[C@@H](NC(=S)Nc1ccc(Br)cc1)c1ccccc1. The van der Waals surface area contributed by atoms with Gasteiger partial charge in [-0.3, -0.25) is 9.80 Å². The number of hydrogen-bond acceptors (Lipinski definition) is 4. The minimum Gasteiger partial charge on any atom is -0.347 e. The number of carbonyl (C=O) groups is 1. The van der Waals surface area contributed by atoms with Crippen molar-refractivity contribution in [1.29, 1.82) is 0 Å². The van der Waals surface area contributed by atoms with Crippen LogP contribution in [0.25, 0.3) is 0 Å². The molecule has 0 radical (unpaired) electrons. The standard InChI is InChI=1S/C26H28BrN5OS/c27-20-9-11-22(12-10-20)29-26(34)30-24(19-7-3-1-4-8-19)25(33)28-21-13-15-23(16-14-21)31-32-17-5-2-6-18-32/h1,3-4,7-15,24H,2,5-6,16-18H2,(H,28,33)(H2,29,30,34)/t24-/m0/s1. The summed E-state index contributed by atoms with van der Waals surface area (Å²) in [6.45, 7) is 2.03. The molecule has 34 heavy (non-hydrogen) atoms. The van der Waals surface area contributed by atoms with Crippen LogP contribution < -0.4 is 16.0 Å². The number of piperidine rings is 1. The van der Waals surface area contributed by atoms with Crippen LogP contribution in [-0.4, -0.2) is 34.8 Å². The molecule has 0 unspecified atom stereocenters. The van der Waals surface area contributed by atoms with Gasteiger partial charge in [0.1, 0.15) is 6.04 Å². The van der Waals surface area contributed by atoms with Crippen molar-refractivity contribution in [2.24, 2.45) is 5.10 Å². The van der Waals surface area contributed by atoms with Gasteiger partial charge >= 0.3 is 0 Å². The number of nitrogens with one attached hydrogen (secondary N) is 3. The fraction of sp³-hybridized carbons (Fsp3) is 0.269. The lowest BCUT2D eigenvalue weighted by Gasteiger charge is -2.25. The van der Waals surface area contributed by atoms with E-state index in [1.54, 1.807) is 0 Å². The van der Waals surface area contributed by atoms with E-state index in [4.69, 9.17) is 17.3 Å². The zero-order valence-electron chi connectivity index (χ0n) is 18.8. The van der Waals surface area contributed by atoms with Crippen LogP contribution in [0, 0.1) is 0 Å². The third kappa shape index (κ3) is 7.01. The van der Waals surface area contributed by atoms with Gasteiger partial charge in [-0.25, -0.2) is 0 Å². The molecule has 6 nitrogen and oxygen atoms in total. The first-order valence-corrected chi connectivity index (χ1v) is 12.7. The fourth-order valence-electron chi connectivity index (χ4n) is 3.85. The Morgan fingerprint density at radius 3 is 2.38 bits per heavy atom. The average molecular weight is 539 g/mol. The van der Waals surface area contributed by atoms with Crippen molar-refractivity contribution in [2.75, 3.05) is 18.4 Å². The molecular formula is C26H28BrN5OS. The summed E-state index contributed by atoms with van der Waals surface area (Å²) in [5.41, 5.74) is 3.44. The maximum atomic E-state index is 13.3. The molecule has 1 heterocycles. The second kappa shape index (κ2) is 11.9. The first-order valence-electron chi connectivity index (χ1n) is 11.5. The molecule has 1 amide bonds. The normalized spacial score (nSPS) is 17.6. The van der Waals surface area contributed by atoms with Crippen LogP contribution in [0.5, 0.6) is 0 Å². The highest BCUT2D eigenvalue weighted by Crippen LogP contribution is 2.18. The van der Waals surface area contributed by atoms with Crippen LogP contribution in [0.15, 0.2) is 88.1 Å². The van der Waals surface area contributed by atoms with Gasteiger partial charge in [0.2, 0.25) is 0 Å². The Morgan fingerprint density at radius 2 is 1.71 bits per heavy atom. The van der Waals surface area contributed by atoms with Crippen LogP contribution in [0.2, 0.25) is 0 Å². The molecule has 176 valence electrons. The van der Waals surface area contributed by atoms with E-state index in [1.807, 2.05) is 72.8 Å². The maximum Gasteiger partial charge on any atom is 0.251 e. The van der Waals surface area contributed by atoms with Crippen molar-refractivity contribution in [1.82, 2.24) is 15.6 Å². The van der Waals surface area contributed by atoms with Gasteiger partial charge in [-0.15, -0.1) is 0 Å². The van der Waals surface area contributed by atoms with Crippen LogP contribution in [0.3, 0.4) is 0 Å². The number of hydrogen-bond donors (Lipinski definition) is 3. The highest BCUT2D eigenvalue weighted by atomic mass is 79.9. The van der Waals surface area contributed by atoms with Gasteiger partial charge < -0.3 is 16.0 Å². The number of hydrazone groups is 1. The monoisotopic (exact) mass is 537 g/mol. The largest absolute Gasteiger partial charge is 0.347 e. The first kappa shape index (κ1) is 24.2. The number of rotatable bonds is 6. The van der Waals surface area contributed by atoms with Crippen molar-refractivity contribution in [3.8, 4) is 0 Å². The predicted molar refractivity (Wildman–Crippen MR) is 146 cm³/mol. The van der Waals surface area contributed by atoms with Gasteiger partial charge in [0.25, 0.3) is 5.91 Å². The zero-order valence-corrected chi connectivity index (χ0v) is 21.2. The fourth-order valence-corrected chi connectivity index (χ4v) is 4.35. The Labute approximate surface area is 214 Å². The van der Waals surface area contributed by atoms with E-state index < -0.39 is 6.04 Å². The van der Waals surface area contributed by atoms with Crippen LogP contribution in [-0.2, 0) is 4.79 Å². The summed E-state index contributed by atoms with van der Waals surface area (Å²) in [6.07, 6.45) is 10.3. The van der Waals surface area contributed by atoms with E-state index in [9.17, 15) is 4.79 Å². The summed E-state index contributed by atoms with van der Waals surface area (Å²) >= 11 is 8.93. The molecule has 0 saturated carbocycles. The van der Waals surface area contributed by atoms with Crippen LogP contribution >= 0.6 is 28.1 Å². The lowest BCUT2D eigenvalue weighted by Crippen LogP contribution is -2.41. The zero-order chi connectivity index (χ0) is 23.8. The van der Waals surface area contributed by atoms with E-state index >= 15 is 0 Å². The molecule has 4 rings (SSSR count).